The molecule has 1 unspecified atom stereocenters. The van der Waals surface area contributed by atoms with E-state index in [4.69, 9.17) is 9.47 Å². The highest BCUT2D eigenvalue weighted by Gasteiger charge is 2.24. The van der Waals surface area contributed by atoms with E-state index in [2.05, 4.69) is 20.8 Å². The van der Waals surface area contributed by atoms with Crippen molar-refractivity contribution < 1.29 is 23.5 Å². The second-order valence-corrected chi connectivity index (χ2v) is 8.70. The van der Waals surface area contributed by atoms with Gasteiger partial charge in [0.15, 0.2) is 0 Å². The Morgan fingerprint density at radius 2 is 1.61 bits per heavy atom. The van der Waals surface area contributed by atoms with Crippen molar-refractivity contribution >= 4 is 28.3 Å². The van der Waals surface area contributed by atoms with Crippen molar-refractivity contribution in [3.8, 4) is 22.1 Å². The first kappa shape index (κ1) is 24.8. The molecular formula is C26H23FN4O4S. The van der Waals surface area contributed by atoms with Gasteiger partial charge in [-0.25, -0.2) is 4.39 Å². The van der Waals surface area contributed by atoms with Crippen molar-refractivity contribution in [2.45, 2.75) is 12.5 Å². The van der Waals surface area contributed by atoms with Gasteiger partial charge in [0.2, 0.25) is 11.0 Å². The van der Waals surface area contributed by atoms with Gasteiger partial charge in [0.25, 0.3) is 5.91 Å². The molecule has 184 valence electrons. The first-order valence-electron chi connectivity index (χ1n) is 10.9. The SMILES string of the molecule is COc1cc(OC)cc(C(=O)NC(Cc2ccccc2)C(=O)Nc2nnc(-c3ccc(F)cc3)s2)c1. The monoisotopic (exact) mass is 506 g/mol. The molecular weight excluding hydrogens is 483 g/mol. The fourth-order valence-corrected chi connectivity index (χ4v) is 4.17. The molecule has 2 N–H and O–H groups in total. The van der Waals surface area contributed by atoms with Crippen LogP contribution in [0.1, 0.15) is 15.9 Å². The summed E-state index contributed by atoms with van der Waals surface area (Å²) in [6.07, 6.45) is 0.253. The number of nitrogens with zero attached hydrogens (tertiary/aromatic N) is 2. The van der Waals surface area contributed by atoms with Crippen molar-refractivity contribution in [3.05, 3.63) is 89.7 Å². The normalized spacial score (nSPS) is 11.4. The van der Waals surface area contributed by atoms with Crippen LogP contribution in [0.3, 0.4) is 0 Å². The Morgan fingerprint density at radius 1 is 0.944 bits per heavy atom. The Balaban J connectivity index is 1.54. The standard InChI is InChI=1S/C26H23FN4O4S/c1-34-20-13-18(14-21(15-20)35-2)23(32)28-22(12-16-6-4-3-5-7-16)24(33)29-26-31-30-25(36-26)17-8-10-19(27)11-9-17/h3-11,13-15,22H,12H2,1-2H3,(H,28,32)(H,29,31,33). The van der Waals surface area contributed by atoms with Gasteiger partial charge < -0.3 is 14.8 Å². The van der Waals surface area contributed by atoms with Crippen LogP contribution in [-0.2, 0) is 11.2 Å². The van der Waals surface area contributed by atoms with Crippen molar-refractivity contribution in [1.82, 2.24) is 15.5 Å². The summed E-state index contributed by atoms with van der Waals surface area (Å²) < 4.78 is 23.7. The molecule has 1 aromatic heterocycles. The summed E-state index contributed by atoms with van der Waals surface area (Å²) in [5.41, 5.74) is 1.83. The molecule has 0 aliphatic carbocycles. The van der Waals surface area contributed by atoms with Gasteiger partial charge in [0, 0.05) is 23.6 Å². The van der Waals surface area contributed by atoms with Crippen LogP contribution in [0.25, 0.3) is 10.6 Å². The van der Waals surface area contributed by atoms with Crippen LogP contribution in [0.4, 0.5) is 9.52 Å². The molecule has 0 aliphatic heterocycles. The quantitative estimate of drug-likeness (QED) is 0.350. The van der Waals surface area contributed by atoms with Crippen LogP contribution in [0.15, 0.2) is 72.8 Å². The predicted octanol–water partition coefficient (Wildman–Crippen LogP) is 4.34. The number of rotatable bonds is 9. The number of carbonyl (C=O) groups is 2. The third-order valence-corrected chi connectivity index (χ3v) is 6.15. The molecule has 1 atom stereocenters. The number of aromatic nitrogens is 2. The number of anilines is 1. The van der Waals surface area contributed by atoms with Gasteiger partial charge in [-0.1, -0.05) is 41.7 Å². The average Bonchev–Trinajstić information content (AvgIpc) is 3.37. The lowest BCUT2D eigenvalue weighted by atomic mass is 10.0. The zero-order chi connectivity index (χ0) is 25.5. The molecule has 0 saturated carbocycles. The van der Waals surface area contributed by atoms with Crippen LogP contribution in [0.5, 0.6) is 11.5 Å². The number of hydrogen-bond donors (Lipinski definition) is 2. The lowest BCUT2D eigenvalue weighted by molar-refractivity contribution is -0.118. The molecule has 0 spiro atoms. The molecule has 0 radical (unpaired) electrons. The minimum Gasteiger partial charge on any atom is -0.497 e. The van der Waals surface area contributed by atoms with Gasteiger partial charge in [-0.15, -0.1) is 10.2 Å². The number of ether oxygens (including phenoxy) is 2. The molecule has 4 aromatic rings. The van der Waals surface area contributed by atoms with Gasteiger partial charge in [0.05, 0.1) is 14.2 Å². The summed E-state index contributed by atoms with van der Waals surface area (Å²) in [6.45, 7) is 0. The molecule has 8 nitrogen and oxygen atoms in total. The molecule has 0 fully saturated rings. The minimum absolute atomic E-state index is 0.253. The number of benzene rings is 3. The zero-order valence-corrected chi connectivity index (χ0v) is 20.3. The van der Waals surface area contributed by atoms with E-state index in [1.54, 1.807) is 30.3 Å². The van der Waals surface area contributed by atoms with Crippen molar-refractivity contribution in [1.29, 1.82) is 0 Å². The largest absolute Gasteiger partial charge is 0.497 e. The number of hydrogen-bond acceptors (Lipinski definition) is 7. The van der Waals surface area contributed by atoms with E-state index in [9.17, 15) is 14.0 Å². The smallest absolute Gasteiger partial charge is 0.252 e. The summed E-state index contributed by atoms with van der Waals surface area (Å²) in [5.74, 6) is -0.377. The summed E-state index contributed by atoms with van der Waals surface area (Å²) in [7, 11) is 2.98. The van der Waals surface area contributed by atoms with Gasteiger partial charge in [-0.05, 0) is 42.0 Å². The van der Waals surface area contributed by atoms with Crippen LogP contribution in [0, 0.1) is 5.82 Å². The van der Waals surface area contributed by atoms with E-state index >= 15 is 0 Å². The summed E-state index contributed by atoms with van der Waals surface area (Å²) in [5, 5.41) is 14.4. The zero-order valence-electron chi connectivity index (χ0n) is 19.5. The van der Waals surface area contributed by atoms with E-state index < -0.39 is 17.9 Å². The Labute approximate surface area is 211 Å². The summed E-state index contributed by atoms with van der Waals surface area (Å²) in [4.78, 5) is 26.3. The van der Waals surface area contributed by atoms with E-state index in [1.165, 1.54) is 26.4 Å². The molecule has 0 saturated heterocycles. The molecule has 0 aliphatic rings. The highest BCUT2D eigenvalue weighted by molar-refractivity contribution is 7.18. The highest BCUT2D eigenvalue weighted by atomic mass is 32.1. The van der Waals surface area contributed by atoms with E-state index in [1.807, 2.05) is 30.3 Å². The lowest BCUT2D eigenvalue weighted by Crippen LogP contribution is -2.45. The molecule has 3 aromatic carbocycles. The molecule has 10 heteroatoms. The molecule has 2 amide bonds. The van der Waals surface area contributed by atoms with E-state index in [0.29, 0.717) is 22.1 Å². The first-order chi connectivity index (χ1) is 17.4. The number of halogens is 1. The topological polar surface area (TPSA) is 102 Å². The third kappa shape index (κ3) is 6.22. The second kappa shape index (κ2) is 11.4. The fraction of sp³-hybridized carbons (Fsp3) is 0.154. The van der Waals surface area contributed by atoms with Crippen LogP contribution in [-0.4, -0.2) is 42.3 Å². The van der Waals surface area contributed by atoms with Crippen molar-refractivity contribution in [3.63, 3.8) is 0 Å². The van der Waals surface area contributed by atoms with Gasteiger partial charge in [-0.2, -0.15) is 0 Å². The lowest BCUT2D eigenvalue weighted by Gasteiger charge is -2.18. The predicted molar refractivity (Wildman–Crippen MR) is 135 cm³/mol. The van der Waals surface area contributed by atoms with Crippen molar-refractivity contribution in [2.24, 2.45) is 0 Å². The molecule has 4 rings (SSSR count). The van der Waals surface area contributed by atoms with E-state index in [0.717, 1.165) is 16.9 Å². The fourth-order valence-electron chi connectivity index (χ4n) is 3.41. The Kier molecular flexibility index (Phi) is 7.86. The number of amides is 2. The van der Waals surface area contributed by atoms with Crippen LogP contribution in [0.2, 0.25) is 0 Å². The molecule has 36 heavy (non-hydrogen) atoms. The van der Waals surface area contributed by atoms with Crippen LogP contribution >= 0.6 is 11.3 Å². The van der Waals surface area contributed by atoms with Gasteiger partial charge in [0.1, 0.15) is 28.4 Å². The van der Waals surface area contributed by atoms with E-state index in [-0.39, 0.29) is 22.9 Å². The maximum Gasteiger partial charge on any atom is 0.252 e. The highest BCUT2D eigenvalue weighted by Crippen LogP contribution is 2.27. The Bertz CT molecular complexity index is 1320. The van der Waals surface area contributed by atoms with Gasteiger partial charge >= 0.3 is 0 Å². The maximum absolute atomic E-state index is 13.2. The minimum atomic E-state index is -0.907. The second-order valence-electron chi connectivity index (χ2n) is 7.73. The average molecular weight is 507 g/mol. The summed E-state index contributed by atoms with van der Waals surface area (Å²) >= 11 is 1.15. The summed E-state index contributed by atoms with van der Waals surface area (Å²) in [6, 6.07) is 19.0. The Morgan fingerprint density at radius 3 is 2.25 bits per heavy atom. The van der Waals surface area contributed by atoms with Crippen molar-refractivity contribution in [2.75, 3.05) is 19.5 Å². The molecule has 1 heterocycles. The first-order valence-corrected chi connectivity index (χ1v) is 11.7. The third-order valence-electron chi connectivity index (χ3n) is 5.26. The molecule has 0 bridgehead atoms. The van der Waals surface area contributed by atoms with Crippen LogP contribution < -0.4 is 20.1 Å². The number of methoxy groups -OCH3 is 2. The maximum atomic E-state index is 13.2. The Hall–Kier alpha value is -4.31. The number of carbonyl (C=O) groups excluding carboxylic acids is 2. The van der Waals surface area contributed by atoms with Gasteiger partial charge in [-0.3, -0.25) is 14.9 Å². The number of nitrogens with one attached hydrogen (secondary N) is 2.